The molecule has 3 heteroatoms. The van der Waals surface area contributed by atoms with Gasteiger partial charge in [0.25, 0.3) is 0 Å². The van der Waals surface area contributed by atoms with Crippen molar-refractivity contribution >= 4 is 10.9 Å². The quantitative estimate of drug-likeness (QED) is 0.852. The van der Waals surface area contributed by atoms with Crippen LogP contribution in [0.25, 0.3) is 10.9 Å². The van der Waals surface area contributed by atoms with Crippen LogP contribution in [-0.2, 0) is 6.54 Å². The SMILES string of the molecule is CCCCN(C)Cc1[nH]nc2ccc(C(C)C)cc12. The third kappa shape index (κ3) is 3.35. The molecule has 104 valence electrons. The van der Waals surface area contributed by atoms with E-state index in [0.29, 0.717) is 5.92 Å². The first kappa shape index (κ1) is 14.1. The van der Waals surface area contributed by atoms with Crippen LogP contribution in [0.3, 0.4) is 0 Å². The van der Waals surface area contributed by atoms with E-state index in [1.807, 2.05) is 0 Å². The molecule has 0 unspecified atom stereocenters. The van der Waals surface area contributed by atoms with Gasteiger partial charge in [-0.1, -0.05) is 33.3 Å². The summed E-state index contributed by atoms with van der Waals surface area (Å²) >= 11 is 0. The standard InChI is InChI=1S/C16H25N3/c1-5-6-9-19(4)11-16-14-10-13(12(2)3)7-8-15(14)17-18-16/h7-8,10,12H,5-6,9,11H2,1-4H3,(H,17,18). The molecule has 19 heavy (non-hydrogen) atoms. The monoisotopic (exact) mass is 259 g/mol. The van der Waals surface area contributed by atoms with Gasteiger partial charge in [-0.2, -0.15) is 5.10 Å². The summed E-state index contributed by atoms with van der Waals surface area (Å²) in [6.07, 6.45) is 2.49. The molecule has 0 aliphatic heterocycles. The molecule has 1 heterocycles. The first-order valence-corrected chi connectivity index (χ1v) is 7.27. The molecule has 0 fully saturated rings. The Hall–Kier alpha value is -1.35. The summed E-state index contributed by atoms with van der Waals surface area (Å²) in [6.45, 7) is 8.77. The Kier molecular flexibility index (Phi) is 4.59. The molecule has 0 aliphatic carbocycles. The maximum atomic E-state index is 4.40. The zero-order valence-electron chi connectivity index (χ0n) is 12.5. The van der Waals surface area contributed by atoms with Gasteiger partial charge in [-0.3, -0.25) is 5.10 Å². The molecule has 0 atom stereocenters. The average Bonchev–Trinajstić information content (AvgIpc) is 2.78. The lowest BCUT2D eigenvalue weighted by molar-refractivity contribution is 0.318. The van der Waals surface area contributed by atoms with Crippen molar-refractivity contribution in [3.8, 4) is 0 Å². The molecule has 0 bridgehead atoms. The predicted octanol–water partition coefficient (Wildman–Crippen LogP) is 3.92. The first-order valence-electron chi connectivity index (χ1n) is 7.27. The van der Waals surface area contributed by atoms with Crippen molar-refractivity contribution < 1.29 is 0 Å². The van der Waals surface area contributed by atoms with Crippen LogP contribution in [0.1, 0.15) is 50.8 Å². The highest BCUT2D eigenvalue weighted by molar-refractivity contribution is 5.82. The zero-order chi connectivity index (χ0) is 13.8. The van der Waals surface area contributed by atoms with Crippen molar-refractivity contribution in [2.75, 3.05) is 13.6 Å². The van der Waals surface area contributed by atoms with Crippen LogP contribution in [0.15, 0.2) is 18.2 Å². The normalized spacial score (nSPS) is 11.9. The molecule has 1 N–H and O–H groups in total. The summed E-state index contributed by atoms with van der Waals surface area (Å²) < 4.78 is 0. The highest BCUT2D eigenvalue weighted by Gasteiger charge is 2.09. The van der Waals surface area contributed by atoms with E-state index in [-0.39, 0.29) is 0 Å². The molecular weight excluding hydrogens is 234 g/mol. The van der Waals surface area contributed by atoms with Crippen LogP contribution in [-0.4, -0.2) is 28.7 Å². The summed E-state index contributed by atoms with van der Waals surface area (Å²) in [5.41, 5.74) is 3.69. The second-order valence-electron chi connectivity index (χ2n) is 5.72. The van der Waals surface area contributed by atoms with Crippen LogP contribution in [0, 0.1) is 0 Å². The summed E-state index contributed by atoms with van der Waals surface area (Å²) in [4.78, 5) is 2.36. The number of unbranched alkanes of at least 4 members (excludes halogenated alkanes) is 1. The Balaban J connectivity index is 2.20. The van der Waals surface area contributed by atoms with Gasteiger partial charge in [0.05, 0.1) is 11.2 Å². The van der Waals surface area contributed by atoms with Crippen LogP contribution in [0.2, 0.25) is 0 Å². The molecule has 3 nitrogen and oxygen atoms in total. The van der Waals surface area contributed by atoms with Gasteiger partial charge in [0.15, 0.2) is 0 Å². The van der Waals surface area contributed by atoms with Gasteiger partial charge < -0.3 is 4.90 Å². The van der Waals surface area contributed by atoms with Crippen molar-refractivity contribution in [1.29, 1.82) is 0 Å². The van der Waals surface area contributed by atoms with Crippen LogP contribution < -0.4 is 0 Å². The Morgan fingerprint density at radius 2 is 2.11 bits per heavy atom. The van der Waals surface area contributed by atoms with E-state index in [1.54, 1.807) is 0 Å². The lowest BCUT2D eigenvalue weighted by Gasteiger charge is -2.15. The fraction of sp³-hybridized carbons (Fsp3) is 0.562. The zero-order valence-corrected chi connectivity index (χ0v) is 12.5. The summed E-state index contributed by atoms with van der Waals surface area (Å²) in [6, 6.07) is 6.58. The van der Waals surface area contributed by atoms with Crippen LogP contribution in [0.4, 0.5) is 0 Å². The maximum Gasteiger partial charge on any atom is 0.0924 e. The molecule has 2 aromatic rings. The molecule has 0 spiro atoms. The molecule has 0 saturated carbocycles. The maximum absolute atomic E-state index is 4.40. The number of rotatable bonds is 6. The Morgan fingerprint density at radius 3 is 2.79 bits per heavy atom. The average molecular weight is 259 g/mol. The molecule has 0 amide bonds. The highest BCUT2D eigenvalue weighted by atomic mass is 15.2. The highest BCUT2D eigenvalue weighted by Crippen LogP contribution is 2.23. The molecule has 1 aromatic heterocycles. The fourth-order valence-electron chi connectivity index (χ4n) is 2.34. The minimum Gasteiger partial charge on any atom is -0.301 e. The van der Waals surface area contributed by atoms with E-state index in [9.17, 15) is 0 Å². The van der Waals surface area contributed by atoms with E-state index in [2.05, 4.69) is 61.1 Å². The minimum atomic E-state index is 0.560. The van der Waals surface area contributed by atoms with E-state index >= 15 is 0 Å². The number of nitrogens with zero attached hydrogens (tertiary/aromatic N) is 2. The Labute approximate surface area is 116 Å². The Morgan fingerprint density at radius 1 is 1.32 bits per heavy atom. The number of H-pyrrole nitrogens is 1. The Bertz CT molecular complexity index is 528. The molecule has 2 rings (SSSR count). The van der Waals surface area contributed by atoms with E-state index in [4.69, 9.17) is 0 Å². The number of hydrogen-bond donors (Lipinski definition) is 1. The second kappa shape index (κ2) is 6.20. The largest absolute Gasteiger partial charge is 0.301 e. The number of hydrogen-bond acceptors (Lipinski definition) is 2. The number of benzene rings is 1. The van der Waals surface area contributed by atoms with Gasteiger partial charge in [0.1, 0.15) is 0 Å². The van der Waals surface area contributed by atoms with E-state index in [0.717, 1.165) is 18.6 Å². The smallest absolute Gasteiger partial charge is 0.0924 e. The van der Waals surface area contributed by atoms with Gasteiger partial charge in [-0.05, 0) is 43.6 Å². The second-order valence-corrected chi connectivity index (χ2v) is 5.72. The lowest BCUT2D eigenvalue weighted by atomic mass is 10.0. The van der Waals surface area contributed by atoms with Crippen molar-refractivity contribution in [3.63, 3.8) is 0 Å². The minimum absolute atomic E-state index is 0.560. The summed E-state index contributed by atoms with van der Waals surface area (Å²) in [5, 5.41) is 8.87. The topological polar surface area (TPSA) is 31.9 Å². The van der Waals surface area contributed by atoms with Crippen molar-refractivity contribution in [3.05, 3.63) is 29.5 Å². The number of fused-ring (bicyclic) bond motifs is 1. The third-order valence-corrected chi connectivity index (χ3v) is 3.65. The number of aromatic amines is 1. The number of nitrogens with one attached hydrogen (secondary N) is 1. The van der Waals surface area contributed by atoms with Gasteiger partial charge in [0, 0.05) is 11.9 Å². The van der Waals surface area contributed by atoms with Crippen molar-refractivity contribution in [2.24, 2.45) is 0 Å². The van der Waals surface area contributed by atoms with Crippen molar-refractivity contribution in [2.45, 2.75) is 46.1 Å². The van der Waals surface area contributed by atoms with Crippen LogP contribution in [0.5, 0.6) is 0 Å². The molecule has 0 aliphatic rings. The summed E-state index contributed by atoms with van der Waals surface area (Å²) in [7, 11) is 2.18. The van der Waals surface area contributed by atoms with Gasteiger partial charge in [-0.15, -0.1) is 0 Å². The van der Waals surface area contributed by atoms with Crippen LogP contribution >= 0.6 is 0 Å². The fourth-order valence-corrected chi connectivity index (χ4v) is 2.34. The van der Waals surface area contributed by atoms with Gasteiger partial charge >= 0.3 is 0 Å². The van der Waals surface area contributed by atoms with Gasteiger partial charge in [-0.25, -0.2) is 0 Å². The molecule has 1 aromatic carbocycles. The predicted molar refractivity (Wildman–Crippen MR) is 81.4 cm³/mol. The van der Waals surface area contributed by atoms with Gasteiger partial charge in [0.2, 0.25) is 0 Å². The molecule has 0 saturated heterocycles. The molecular formula is C16H25N3. The van der Waals surface area contributed by atoms with E-state index < -0.39 is 0 Å². The molecule has 0 radical (unpaired) electrons. The number of aromatic nitrogens is 2. The van der Waals surface area contributed by atoms with E-state index in [1.165, 1.54) is 29.5 Å². The summed E-state index contributed by atoms with van der Waals surface area (Å²) in [5.74, 6) is 0.560. The first-order chi connectivity index (χ1) is 9.11. The lowest BCUT2D eigenvalue weighted by Crippen LogP contribution is -2.19. The van der Waals surface area contributed by atoms with Crippen molar-refractivity contribution in [1.82, 2.24) is 15.1 Å². The third-order valence-electron chi connectivity index (χ3n) is 3.65.